The Morgan fingerprint density at radius 2 is 1.96 bits per heavy atom. The number of carbonyl (C=O) groups excluding carboxylic acids is 3. The Kier molecular flexibility index (Phi) is 3.16. The summed E-state index contributed by atoms with van der Waals surface area (Å²) in [4.78, 5) is 42.8. The predicted octanol–water partition coefficient (Wildman–Crippen LogP) is 0.750. The molecule has 0 bridgehead atoms. The third-order valence-corrected chi connectivity index (χ3v) is 4.40. The largest absolute Gasteiger partial charge is 0.296 e. The highest BCUT2D eigenvalue weighted by Crippen LogP contribution is 2.27. The molecule has 1 fully saturated rings. The molecular formula is C17H14N4O3. The Hall–Kier alpha value is -3.09. The van der Waals surface area contributed by atoms with Crippen LogP contribution in [-0.2, 0) is 9.59 Å². The van der Waals surface area contributed by atoms with E-state index in [4.69, 9.17) is 0 Å². The summed E-state index contributed by atoms with van der Waals surface area (Å²) >= 11 is 0. The van der Waals surface area contributed by atoms with Crippen molar-refractivity contribution in [1.29, 1.82) is 0 Å². The van der Waals surface area contributed by atoms with E-state index in [1.54, 1.807) is 19.1 Å². The first-order valence-corrected chi connectivity index (χ1v) is 7.70. The first-order valence-electron chi connectivity index (χ1n) is 7.70. The number of likely N-dealkylation sites (tertiary alicyclic amines) is 1. The number of para-hydroxylation sites is 1. The minimum Gasteiger partial charge on any atom is -0.296 e. The Bertz CT molecular complexity index is 921. The Morgan fingerprint density at radius 3 is 2.75 bits per heavy atom. The number of Topliss-reactive ketones (excluding diaryl/α,β-unsaturated/α-hetero) is 1. The highest BCUT2D eigenvalue weighted by atomic mass is 16.2. The van der Waals surface area contributed by atoms with Gasteiger partial charge in [0.15, 0.2) is 0 Å². The van der Waals surface area contributed by atoms with Gasteiger partial charge in [0.05, 0.1) is 5.52 Å². The fourth-order valence-corrected chi connectivity index (χ4v) is 3.17. The summed E-state index contributed by atoms with van der Waals surface area (Å²) in [5.41, 5.74) is 3.58. The Balaban J connectivity index is 1.69. The van der Waals surface area contributed by atoms with Gasteiger partial charge in [-0.25, -0.2) is 4.98 Å². The van der Waals surface area contributed by atoms with Crippen LogP contribution in [0.3, 0.4) is 0 Å². The van der Waals surface area contributed by atoms with Crippen molar-refractivity contribution in [2.45, 2.75) is 13.0 Å². The Morgan fingerprint density at radius 1 is 1.17 bits per heavy atom. The first-order chi connectivity index (χ1) is 11.6. The van der Waals surface area contributed by atoms with Crippen LogP contribution in [0.1, 0.15) is 17.4 Å². The average Bonchev–Trinajstić information content (AvgIpc) is 3.14. The number of aromatic nitrogens is 1. The van der Waals surface area contributed by atoms with Crippen LogP contribution in [0, 0.1) is 5.92 Å². The number of amides is 2. The molecule has 3 heterocycles. The Labute approximate surface area is 137 Å². The summed E-state index contributed by atoms with van der Waals surface area (Å²) in [6.45, 7) is 2.00. The van der Waals surface area contributed by atoms with E-state index >= 15 is 0 Å². The fourth-order valence-electron chi connectivity index (χ4n) is 3.17. The zero-order valence-corrected chi connectivity index (χ0v) is 12.9. The summed E-state index contributed by atoms with van der Waals surface area (Å²) in [6.07, 6.45) is 0. The van der Waals surface area contributed by atoms with Gasteiger partial charge in [-0.2, -0.15) is 5.10 Å². The molecule has 0 spiro atoms. The van der Waals surface area contributed by atoms with E-state index in [0.29, 0.717) is 5.52 Å². The molecule has 120 valence electrons. The third-order valence-electron chi connectivity index (χ3n) is 4.40. The van der Waals surface area contributed by atoms with E-state index in [-0.39, 0.29) is 29.8 Å². The van der Waals surface area contributed by atoms with Crippen LogP contribution >= 0.6 is 0 Å². The van der Waals surface area contributed by atoms with Crippen LogP contribution in [0.15, 0.2) is 41.5 Å². The second-order valence-electron chi connectivity index (χ2n) is 5.72. The van der Waals surface area contributed by atoms with Crippen LogP contribution in [-0.4, -0.2) is 45.8 Å². The van der Waals surface area contributed by atoms with Gasteiger partial charge in [-0.05, 0) is 19.1 Å². The monoisotopic (exact) mass is 322 g/mol. The van der Waals surface area contributed by atoms with Crippen molar-refractivity contribution in [3.63, 3.8) is 0 Å². The number of pyridine rings is 1. The summed E-state index contributed by atoms with van der Waals surface area (Å²) in [6, 6.07) is 10.1. The molecule has 0 radical (unpaired) electrons. The lowest BCUT2D eigenvalue weighted by atomic mass is 9.94. The number of benzene rings is 1. The minimum atomic E-state index is -0.863. The van der Waals surface area contributed by atoms with Gasteiger partial charge in [-0.3, -0.25) is 24.7 Å². The number of fused-ring (bicyclic) bond motifs is 2. The van der Waals surface area contributed by atoms with Crippen LogP contribution in [0.2, 0.25) is 0 Å². The van der Waals surface area contributed by atoms with Crippen LogP contribution in [0.4, 0.5) is 0 Å². The van der Waals surface area contributed by atoms with Gasteiger partial charge in [-0.1, -0.05) is 24.3 Å². The predicted molar refractivity (Wildman–Crippen MR) is 86.3 cm³/mol. The lowest BCUT2D eigenvalue weighted by molar-refractivity contribution is -0.139. The topological polar surface area (TPSA) is 91.7 Å². The highest BCUT2D eigenvalue weighted by molar-refractivity contribution is 6.51. The van der Waals surface area contributed by atoms with E-state index in [2.05, 4.69) is 15.5 Å². The van der Waals surface area contributed by atoms with E-state index in [0.717, 1.165) is 10.3 Å². The van der Waals surface area contributed by atoms with E-state index in [1.165, 1.54) is 0 Å². The minimum absolute atomic E-state index is 0.0529. The molecule has 0 saturated carbocycles. The van der Waals surface area contributed by atoms with Crippen molar-refractivity contribution in [2.24, 2.45) is 11.0 Å². The zero-order chi connectivity index (χ0) is 16.8. The standard InChI is InChI=1S/C17H14N4O3/c1-2-21-16(23)12-13(19-20-14(12)17(21)24)15(22)11-8-7-9-5-3-4-6-10(9)18-11/h3-8,12,14,20H,2H2,1H3/t12-,14-/m1/s1. The second kappa shape index (κ2) is 5.23. The number of carbonyl (C=O) groups is 3. The maximum Gasteiger partial charge on any atom is 0.254 e. The molecule has 2 amide bonds. The van der Waals surface area contributed by atoms with Gasteiger partial charge >= 0.3 is 0 Å². The van der Waals surface area contributed by atoms with Gasteiger partial charge in [0, 0.05) is 11.9 Å². The molecule has 4 rings (SSSR count). The third kappa shape index (κ3) is 1.94. The number of hydrazone groups is 1. The molecule has 1 aromatic heterocycles. The second-order valence-corrected chi connectivity index (χ2v) is 5.72. The molecule has 2 atom stereocenters. The molecular weight excluding hydrogens is 308 g/mol. The maximum absolute atomic E-state index is 12.8. The molecule has 2 aliphatic heterocycles. The number of hydrogen-bond acceptors (Lipinski definition) is 6. The highest BCUT2D eigenvalue weighted by Gasteiger charge is 2.54. The molecule has 0 aliphatic carbocycles. The molecule has 1 aromatic carbocycles. The SMILES string of the molecule is CCN1C(=O)[C@@H]2C(C(=O)c3ccc4ccccc4n3)=NN[C@H]2C1=O. The smallest absolute Gasteiger partial charge is 0.254 e. The van der Waals surface area contributed by atoms with Gasteiger partial charge in [0.25, 0.3) is 5.91 Å². The van der Waals surface area contributed by atoms with Crippen molar-refractivity contribution in [3.8, 4) is 0 Å². The number of nitrogens with one attached hydrogen (secondary N) is 1. The van der Waals surface area contributed by atoms with Gasteiger partial charge in [0.2, 0.25) is 11.7 Å². The van der Waals surface area contributed by atoms with Crippen molar-refractivity contribution in [1.82, 2.24) is 15.3 Å². The molecule has 24 heavy (non-hydrogen) atoms. The van der Waals surface area contributed by atoms with Crippen molar-refractivity contribution < 1.29 is 14.4 Å². The van der Waals surface area contributed by atoms with Gasteiger partial charge < -0.3 is 0 Å². The van der Waals surface area contributed by atoms with Crippen LogP contribution in [0.5, 0.6) is 0 Å². The van der Waals surface area contributed by atoms with Crippen molar-refractivity contribution in [2.75, 3.05) is 6.54 Å². The summed E-state index contributed by atoms with van der Waals surface area (Å²) < 4.78 is 0. The summed E-state index contributed by atoms with van der Waals surface area (Å²) in [7, 11) is 0. The molecule has 0 unspecified atom stereocenters. The summed E-state index contributed by atoms with van der Waals surface area (Å²) in [5.74, 6) is -2.02. The van der Waals surface area contributed by atoms with Gasteiger partial charge in [-0.15, -0.1) is 0 Å². The van der Waals surface area contributed by atoms with Crippen LogP contribution in [0.25, 0.3) is 10.9 Å². The molecule has 1 N–H and O–H groups in total. The van der Waals surface area contributed by atoms with Crippen LogP contribution < -0.4 is 5.43 Å². The molecule has 2 aliphatic rings. The normalized spacial score (nSPS) is 22.5. The molecule has 1 saturated heterocycles. The number of rotatable bonds is 3. The number of imide groups is 1. The first kappa shape index (κ1) is 14.5. The van der Waals surface area contributed by atoms with Gasteiger partial charge in [0.1, 0.15) is 23.4 Å². The van der Waals surface area contributed by atoms with E-state index in [9.17, 15) is 14.4 Å². The molecule has 2 aromatic rings. The number of likely N-dealkylation sites (N-methyl/N-ethyl adjacent to an activating group) is 1. The van der Waals surface area contributed by atoms with Crippen molar-refractivity contribution >= 4 is 34.2 Å². The number of ketones is 1. The quantitative estimate of drug-likeness (QED) is 0.665. The lowest BCUT2D eigenvalue weighted by Crippen LogP contribution is -2.36. The van der Waals surface area contributed by atoms with E-state index in [1.807, 2.05) is 24.3 Å². The molecule has 7 heteroatoms. The average molecular weight is 322 g/mol. The number of hydrogen-bond donors (Lipinski definition) is 1. The fraction of sp³-hybridized carbons (Fsp3) is 0.235. The number of nitrogens with zero attached hydrogens (tertiary/aromatic N) is 3. The van der Waals surface area contributed by atoms with Crippen molar-refractivity contribution in [3.05, 3.63) is 42.1 Å². The lowest BCUT2D eigenvalue weighted by Gasteiger charge is -2.12. The molecule has 7 nitrogen and oxygen atoms in total. The summed E-state index contributed by atoms with van der Waals surface area (Å²) in [5, 5.41) is 4.87. The maximum atomic E-state index is 12.8. The van der Waals surface area contributed by atoms with E-state index < -0.39 is 17.7 Å². The zero-order valence-electron chi connectivity index (χ0n) is 12.9.